The van der Waals surface area contributed by atoms with Gasteiger partial charge in [-0.05, 0) is 44.8 Å². The number of nitrogens with zero attached hydrogens (tertiary/aromatic N) is 1. The SMILES string of the molecule is CC(=O)O.CCCCCCCCCN1CCC(C)CC1. The van der Waals surface area contributed by atoms with Crippen molar-refractivity contribution in [1.29, 1.82) is 0 Å². The second-order valence-corrected chi connectivity index (χ2v) is 6.16. The number of carbonyl (C=O) groups is 1. The van der Waals surface area contributed by atoms with Gasteiger partial charge in [0.2, 0.25) is 0 Å². The van der Waals surface area contributed by atoms with E-state index in [0.29, 0.717) is 0 Å². The minimum absolute atomic E-state index is 0.833. The number of carboxylic acids is 1. The molecule has 3 heteroatoms. The predicted molar refractivity (Wildman–Crippen MR) is 86.1 cm³/mol. The van der Waals surface area contributed by atoms with Crippen LogP contribution in [0.25, 0.3) is 0 Å². The highest BCUT2D eigenvalue weighted by Crippen LogP contribution is 2.16. The first kappa shape index (κ1) is 19.4. The van der Waals surface area contributed by atoms with Gasteiger partial charge in [-0.2, -0.15) is 0 Å². The van der Waals surface area contributed by atoms with Crippen LogP contribution in [-0.4, -0.2) is 35.6 Å². The Kier molecular flexibility index (Phi) is 13.0. The van der Waals surface area contributed by atoms with Gasteiger partial charge in [0.15, 0.2) is 0 Å². The summed E-state index contributed by atoms with van der Waals surface area (Å²) in [7, 11) is 0. The zero-order valence-electron chi connectivity index (χ0n) is 13.9. The average molecular weight is 285 g/mol. The highest BCUT2D eigenvalue weighted by atomic mass is 16.4. The number of carboxylic acid groups (broad SMARTS) is 1. The molecule has 0 aromatic heterocycles. The lowest BCUT2D eigenvalue weighted by Crippen LogP contribution is -2.33. The molecule has 0 aliphatic carbocycles. The molecule has 1 rings (SSSR count). The summed E-state index contributed by atoms with van der Waals surface area (Å²) in [5, 5.41) is 7.42. The Labute approximate surface area is 125 Å². The van der Waals surface area contributed by atoms with E-state index in [1.54, 1.807) is 0 Å². The minimum atomic E-state index is -0.833. The Morgan fingerprint density at radius 3 is 2.00 bits per heavy atom. The molecule has 120 valence electrons. The molecule has 20 heavy (non-hydrogen) atoms. The van der Waals surface area contributed by atoms with E-state index in [2.05, 4.69) is 18.7 Å². The topological polar surface area (TPSA) is 40.5 Å². The fraction of sp³-hybridized carbons (Fsp3) is 0.941. The summed E-state index contributed by atoms with van der Waals surface area (Å²) in [4.78, 5) is 11.7. The van der Waals surface area contributed by atoms with Gasteiger partial charge in [0.25, 0.3) is 5.97 Å². The number of likely N-dealkylation sites (tertiary alicyclic amines) is 1. The molecule has 0 radical (unpaired) electrons. The molecule has 1 aliphatic rings. The van der Waals surface area contributed by atoms with Crippen molar-refractivity contribution in [2.75, 3.05) is 19.6 Å². The zero-order valence-corrected chi connectivity index (χ0v) is 13.9. The van der Waals surface area contributed by atoms with Crippen LogP contribution in [0.3, 0.4) is 0 Å². The number of hydrogen-bond acceptors (Lipinski definition) is 2. The maximum atomic E-state index is 9.00. The first-order valence-electron chi connectivity index (χ1n) is 8.48. The number of hydrogen-bond donors (Lipinski definition) is 1. The largest absolute Gasteiger partial charge is 0.481 e. The molecule has 1 N–H and O–H groups in total. The smallest absolute Gasteiger partial charge is 0.300 e. The Morgan fingerprint density at radius 2 is 1.50 bits per heavy atom. The van der Waals surface area contributed by atoms with Crippen molar-refractivity contribution in [3.05, 3.63) is 0 Å². The van der Waals surface area contributed by atoms with Crippen molar-refractivity contribution >= 4 is 5.97 Å². The highest BCUT2D eigenvalue weighted by molar-refractivity contribution is 5.62. The van der Waals surface area contributed by atoms with Gasteiger partial charge in [-0.15, -0.1) is 0 Å². The van der Waals surface area contributed by atoms with E-state index in [1.807, 2.05) is 0 Å². The average Bonchev–Trinajstić information content (AvgIpc) is 2.39. The predicted octanol–water partition coefficient (Wildman–Crippen LogP) is 4.56. The van der Waals surface area contributed by atoms with Gasteiger partial charge in [0.05, 0.1) is 0 Å². The van der Waals surface area contributed by atoms with Crippen molar-refractivity contribution in [1.82, 2.24) is 4.90 Å². The monoisotopic (exact) mass is 285 g/mol. The van der Waals surface area contributed by atoms with Crippen molar-refractivity contribution < 1.29 is 9.90 Å². The summed E-state index contributed by atoms with van der Waals surface area (Å²) < 4.78 is 0. The van der Waals surface area contributed by atoms with E-state index in [4.69, 9.17) is 9.90 Å². The van der Waals surface area contributed by atoms with Gasteiger partial charge in [0, 0.05) is 6.92 Å². The third kappa shape index (κ3) is 13.9. The van der Waals surface area contributed by atoms with Crippen molar-refractivity contribution in [2.24, 2.45) is 5.92 Å². The van der Waals surface area contributed by atoms with Crippen LogP contribution in [0.5, 0.6) is 0 Å². The van der Waals surface area contributed by atoms with Gasteiger partial charge < -0.3 is 10.0 Å². The van der Waals surface area contributed by atoms with Crippen LogP contribution >= 0.6 is 0 Å². The molecule has 1 fully saturated rings. The fourth-order valence-corrected chi connectivity index (χ4v) is 2.58. The summed E-state index contributed by atoms with van der Waals surface area (Å²) in [5.41, 5.74) is 0. The fourth-order valence-electron chi connectivity index (χ4n) is 2.58. The number of aliphatic carboxylic acids is 1. The summed E-state index contributed by atoms with van der Waals surface area (Å²) in [6, 6.07) is 0. The Bertz CT molecular complexity index is 219. The lowest BCUT2D eigenvalue weighted by Gasteiger charge is -2.30. The standard InChI is InChI=1S/C15H31N.C2H4O2/c1-3-4-5-6-7-8-9-12-16-13-10-15(2)11-14-16;1-2(3)4/h15H,3-14H2,1-2H3;1H3,(H,3,4). The number of unbranched alkanes of at least 4 members (excludes halogenated alkanes) is 6. The normalized spacial score (nSPS) is 16.6. The number of rotatable bonds is 8. The summed E-state index contributed by atoms with van der Waals surface area (Å²) >= 11 is 0. The van der Waals surface area contributed by atoms with E-state index < -0.39 is 5.97 Å². The molecule has 0 atom stereocenters. The van der Waals surface area contributed by atoms with E-state index >= 15 is 0 Å². The quantitative estimate of drug-likeness (QED) is 0.665. The van der Waals surface area contributed by atoms with Crippen LogP contribution in [0, 0.1) is 5.92 Å². The summed E-state index contributed by atoms with van der Waals surface area (Å²) in [6.45, 7) is 9.84. The highest BCUT2D eigenvalue weighted by Gasteiger charge is 2.14. The molecule has 3 nitrogen and oxygen atoms in total. The molecule has 0 aromatic carbocycles. The second kappa shape index (κ2) is 13.4. The third-order valence-corrected chi connectivity index (χ3v) is 3.95. The van der Waals surface area contributed by atoms with E-state index in [0.717, 1.165) is 12.8 Å². The Morgan fingerprint density at radius 1 is 1.05 bits per heavy atom. The second-order valence-electron chi connectivity index (χ2n) is 6.16. The van der Waals surface area contributed by atoms with Gasteiger partial charge >= 0.3 is 0 Å². The minimum Gasteiger partial charge on any atom is -0.481 e. The third-order valence-electron chi connectivity index (χ3n) is 3.95. The van der Waals surface area contributed by atoms with E-state index in [-0.39, 0.29) is 0 Å². The van der Waals surface area contributed by atoms with E-state index in [9.17, 15) is 0 Å². The summed E-state index contributed by atoms with van der Waals surface area (Å²) in [6.07, 6.45) is 12.9. The molecular formula is C17H35NO2. The van der Waals surface area contributed by atoms with Crippen LogP contribution < -0.4 is 0 Å². The van der Waals surface area contributed by atoms with Crippen LogP contribution in [0.2, 0.25) is 0 Å². The van der Waals surface area contributed by atoms with Crippen molar-refractivity contribution in [2.45, 2.75) is 78.6 Å². The van der Waals surface area contributed by atoms with Crippen molar-refractivity contribution in [3.63, 3.8) is 0 Å². The maximum Gasteiger partial charge on any atom is 0.300 e. The molecule has 0 unspecified atom stereocenters. The molecule has 1 heterocycles. The van der Waals surface area contributed by atoms with E-state index in [1.165, 1.54) is 77.4 Å². The molecule has 0 spiro atoms. The lowest BCUT2D eigenvalue weighted by molar-refractivity contribution is -0.134. The van der Waals surface area contributed by atoms with Gasteiger partial charge in [0.1, 0.15) is 0 Å². The summed E-state index contributed by atoms with van der Waals surface area (Å²) in [5.74, 6) is 0.144. The molecule has 1 aliphatic heterocycles. The van der Waals surface area contributed by atoms with Crippen LogP contribution in [-0.2, 0) is 4.79 Å². The molecule has 0 aromatic rings. The lowest BCUT2D eigenvalue weighted by atomic mass is 9.99. The van der Waals surface area contributed by atoms with Crippen LogP contribution in [0.1, 0.15) is 78.6 Å². The molecule has 0 amide bonds. The Hall–Kier alpha value is -0.570. The zero-order chi connectivity index (χ0) is 15.2. The van der Waals surface area contributed by atoms with Gasteiger partial charge in [-0.3, -0.25) is 4.79 Å². The van der Waals surface area contributed by atoms with Crippen molar-refractivity contribution in [3.8, 4) is 0 Å². The molecule has 0 saturated carbocycles. The van der Waals surface area contributed by atoms with Gasteiger partial charge in [-0.1, -0.05) is 52.4 Å². The molecule has 0 bridgehead atoms. The molecule has 1 saturated heterocycles. The maximum absolute atomic E-state index is 9.00. The first-order chi connectivity index (χ1) is 9.56. The number of piperidine rings is 1. The van der Waals surface area contributed by atoms with Crippen LogP contribution in [0.4, 0.5) is 0 Å². The van der Waals surface area contributed by atoms with Gasteiger partial charge in [-0.25, -0.2) is 0 Å². The molecular weight excluding hydrogens is 250 g/mol. The van der Waals surface area contributed by atoms with Crippen LogP contribution in [0.15, 0.2) is 0 Å². The first-order valence-corrected chi connectivity index (χ1v) is 8.48. The Balaban J connectivity index is 0.000000796.